The number of nitrogens with two attached hydrogens (primary N) is 2. The Balaban J connectivity index is 0. The van der Waals surface area contributed by atoms with E-state index in [2.05, 4.69) is 4.98 Å². The third-order valence-electron chi connectivity index (χ3n) is 2.10. The van der Waals surface area contributed by atoms with Gasteiger partial charge >= 0.3 is 59.1 Å². The first-order valence-corrected chi connectivity index (χ1v) is 4.75. The van der Waals surface area contributed by atoms with Crippen LogP contribution in [0.25, 0.3) is 10.8 Å². The van der Waals surface area contributed by atoms with Crippen molar-refractivity contribution in [1.82, 2.24) is 4.98 Å². The molecule has 0 unspecified atom stereocenters. The number of hydrogen-bond donors (Lipinski definition) is 2. The number of rotatable bonds is 1. The Bertz CT molecular complexity index is 534. The molecule has 4 N–H and O–H groups in total. The summed E-state index contributed by atoms with van der Waals surface area (Å²) in [5.74, 6) is 0.570. The Morgan fingerprint density at radius 2 is 1.79 bits per heavy atom. The van der Waals surface area contributed by atoms with Crippen molar-refractivity contribution in [2.75, 3.05) is 5.73 Å². The van der Waals surface area contributed by atoms with Crippen LogP contribution in [0.15, 0.2) is 30.5 Å². The fourth-order valence-corrected chi connectivity index (χ4v) is 1.38. The van der Waals surface area contributed by atoms with E-state index < -0.39 is 6.16 Å². The average molecular weight is 279 g/mol. The molecule has 1 heterocycles. The topological polar surface area (TPSA) is 128 Å². The Morgan fingerprint density at radius 3 is 2.32 bits per heavy atom. The molecule has 2 rings (SSSR count). The monoisotopic (exact) mass is 279 g/mol. The Hall–Kier alpha value is -0.340. The fourth-order valence-electron chi connectivity index (χ4n) is 1.38. The summed E-state index contributed by atoms with van der Waals surface area (Å²) in [5, 5.41) is 18.7. The van der Waals surface area contributed by atoms with E-state index >= 15 is 0 Å². The number of benzene rings is 1. The van der Waals surface area contributed by atoms with Gasteiger partial charge in [0.2, 0.25) is 0 Å². The summed E-state index contributed by atoms with van der Waals surface area (Å²) in [6.45, 7) is 0.554. The van der Waals surface area contributed by atoms with Gasteiger partial charge in [-0.3, -0.25) is 0 Å². The quantitative estimate of drug-likeness (QED) is 0.499. The van der Waals surface area contributed by atoms with Crippen LogP contribution >= 0.6 is 0 Å². The van der Waals surface area contributed by atoms with Crippen molar-refractivity contribution < 1.29 is 74.1 Å². The molecule has 0 fully saturated rings. The van der Waals surface area contributed by atoms with Gasteiger partial charge in [0, 0.05) is 18.1 Å². The standard InChI is InChI=1S/C10H11N3.CH2O3.2Na/c11-6-7-1-2-9-8(5-7)3-4-13-10(9)12;2-1(3)4;;/h1-5H,6,11H2,(H2,12,13);(H2,2,3,4);;/q;;2*+1/p-2. The van der Waals surface area contributed by atoms with Crippen LogP contribution in [-0.2, 0) is 6.54 Å². The summed E-state index contributed by atoms with van der Waals surface area (Å²) in [6.07, 6.45) is -0.627. The van der Waals surface area contributed by atoms with Crippen LogP contribution in [0.5, 0.6) is 0 Å². The SMILES string of the molecule is NCc1ccc2c(N)nccc2c1.O=C([O-])[O-].[Na+].[Na+]. The van der Waals surface area contributed by atoms with Gasteiger partial charge in [0.25, 0.3) is 0 Å². The molecule has 19 heavy (non-hydrogen) atoms. The van der Waals surface area contributed by atoms with Crippen molar-refractivity contribution in [2.45, 2.75) is 6.54 Å². The molecule has 90 valence electrons. The second kappa shape index (κ2) is 10.4. The first kappa shape index (κ1) is 21.0. The van der Waals surface area contributed by atoms with Crippen molar-refractivity contribution in [3.63, 3.8) is 0 Å². The number of nitrogen functional groups attached to an aromatic ring is 1. The van der Waals surface area contributed by atoms with Crippen LogP contribution in [0.1, 0.15) is 5.56 Å². The number of nitrogens with zero attached hydrogens (tertiary/aromatic N) is 1. The first-order valence-electron chi connectivity index (χ1n) is 4.75. The maximum atomic E-state index is 8.33. The number of aromatic nitrogens is 1. The molecule has 1 aromatic heterocycles. The number of pyridine rings is 1. The fraction of sp³-hybridized carbons (Fsp3) is 0.0909. The largest absolute Gasteiger partial charge is 1.00 e. The maximum Gasteiger partial charge on any atom is 1.00 e. The minimum Gasteiger partial charge on any atom is -0.652 e. The summed E-state index contributed by atoms with van der Waals surface area (Å²) >= 11 is 0. The second-order valence-corrected chi connectivity index (χ2v) is 3.21. The van der Waals surface area contributed by atoms with Crippen molar-refractivity contribution in [1.29, 1.82) is 0 Å². The zero-order chi connectivity index (χ0) is 12.8. The van der Waals surface area contributed by atoms with Gasteiger partial charge in [0.05, 0.1) is 0 Å². The summed E-state index contributed by atoms with van der Waals surface area (Å²) in [7, 11) is 0. The van der Waals surface area contributed by atoms with Crippen molar-refractivity contribution in [3.05, 3.63) is 36.0 Å². The molecule has 0 amide bonds. The Labute approximate surface area is 154 Å². The molecule has 8 heteroatoms. The smallest absolute Gasteiger partial charge is 0.652 e. The summed E-state index contributed by atoms with van der Waals surface area (Å²) < 4.78 is 0. The molecule has 0 spiro atoms. The molecular weight excluding hydrogens is 268 g/mol. The molecule has 0 radical (unpaired) electrons. The number of carboxylic acid groups (broad SMARTS) is 2. The van der Waals surface area contributed by atoms with Gasteiger partial charge in [-0.2, -0.15) is 0 Å². The Morgan fingerprint density at radius 1 is 1.21 bits per heavy atom. The molecule has 2 aromatic rings. The van der Waals surface area contributed by atoms with Crippen LogP contribution in [-0.4, -0.2) is 11.1 Å². The zero-order valence-electron chi connectivity index (χ0n) is 10.9. The molecule has 0 aliphatic rings. The molecule has 0 atom stereocenters. The van der Waals surface area contributed by atoms with Gasteiger partial charge in [-0.05, 0) is 29.2 Å². The minimum atomic E-state index is -2.33. The summed E-state index contributed by atoms with van der Waals surface area (Å²) in [5.41, 5.74) is 12.3. The molecule has 0 saturated heterocycles. The molecule has 6 nitrogen and oxygen atoms in total. The number of carbonyl (C=O) groups excluding carboxylic acids is 1. The van der Waals surface area contributed by atoms with Crippen LogP contribution in [0.2, 0.25) is 0 Å². The molecule has 0 aliphatic heterocycles. The van der Waals surface area contributed by atoms with E-state index in [1.54, 1.807) is 6.20 Å². The van der Waals surface area contributed by atoms with Crippen molar-refractivity contribution in [3.8, 4) is 0 Å². The molecule has 1 aromatic carbocycles. The zero-order valence-corrected chi connectivity index (χ0v) is 14.9. The summed E-state index contributed by atoms with van der Waals surface area (Å²) in [6, 6.07) is 7.90. The van der Waals surface area contributed by atoms with Crippen LogP contribution in [0.4, 0.5) is 10.6 Å². The summed E-state index contributed by atoms with van der Waals surface area (Å²) in [4.78, 5) is 12.3. The Kier molecular flexibility index (Phi) is 11.5. The molecular formula is C11H11N3Na2O3. The second-order valence-electron chi connectivity index (χ2n) is 3.21. The van der Waals surface area contributed by atoms with Gasteiger partial charge < -0.3 is 26.5 Å². The van der Waals surface area contributed by atoms with Gasteiger partial charge in [0.1, 0.15) is 5.82 Å². The van der Waals surface area contributed by atoms with Crippen LogP contribution in [0.3, 0.4) is 0 Å². The van der Waals surface area contributed by atoms with Crippen molar-refractivity contribution in [2.24, 2.45) is 5.73 Å². The first-order chi connectivity index (χ1) is 8.04. The number of hydrogen-bond acceptors (Lipinski definition) is 6. The predicted octanol–water partition coefficient (Wildman–Crippen LogP) is -7.16. The van der Waals surface area contributed by atoms with Gasteiger partial charge in [-0.1, -0.05) is 12.1 Å². The van der Waals surface area contributed by atoms with Crippen LogP contribution < -0.4 is 80.8 Å². The molecule has 0 saturated carbocycles. The van der Waals surface area contributed by atoms with Crippen molar-refractivity contribution >= 4 is 22.7 Å². The van der Waals surface area contributed by atoms with Gasteiger partial charge in [-0.15, -0.1) is 0 Å². The third kappa shape index (κ3) is 7.12. The third-order valence-corrected chi connectivity index (χ3v) is 2.10. The number of anilines is 1. The van der Waals surface area contributed by atoms with E-state index in [0.717, 1.165) is 16.3 Å². The van der Waals surface area contributed by atoms with Gasteiger partial charge in [-0.25, -0.2) is 4.98 Å². The van der Waals surface area contributed by atoms with E-state index in [-0.39, 0.29) is 59.1 Å². The van der Waals surface area contributed by atoms with E-state index in [1.807, 2.05) is 24.3 Å². The van der Waals surface area contributed by atoms with E-state index in [1.165, 1.54) is 0 Å². The normalized spacial score (nSPS) is 8.47. The minimum absolute atomic E-state index is 0. The van der Waals surface area contributed by atoms with Gasteiger partial charge in [0.15, 0.2) is 0 Å². The molecule has 0 bridgehead atoms. The van der Waals surface area contributed by atoms with E-state index in [9.17, 15) is 0 Å². The average Bonchev–Trinajstić information content (AvgIpc) is 2.28. The van der Waals surface area contributed by atoms with E-state index in [4.69, 9.17) is 26.5 Å². The number of fused-ring (bicyclic) bond motifs is 1. The molecule has 0 aliphatic carbocycles. The van der Waals surface area contributed by atoms with E-state index in [0.29, 0.717) is 12.4 Å². The van der Waals surface area contributed by atoms with Crippen LogP contribution in [0, 0.1) is 0 Å². The predicted molar refractivity (Wildman–Crippen MR) is 59.4 cm³/mol. The maximum absolute atomic E-state index is 8.33. The number of carbonyl (C=O) groups is 1.